The van der Waals surface area contributed by atoms with Crippen LogP contribution in [-0.2, 0) is 11.3 Å². The fourth-order valence-corrected chi connectivity index (χ4v) is 3.35. The number of nitrogens with one attached hydrogen (secondary N) is 1. The van der Waals surface area contributed by atoms with Gasteiger partial charge in [0, 0.05) is 26.2 Å². The van der Waals surface area contributed by atoms with E-state index in [1.54, 1.807) is 21.1 Å². The Balaban J connectivity index is 1.94. The summed E-state index contributed by atoms with van der Waals surface area (Å²) >= 11 is 1.61. The molecule has 1 aliphatic rings. The van der Waals surface area contributed by atoms with Crippen molar-refractivity contribution in [1.29, 1.82) is 0 Å². The third-order valence-electron chi connectivity index (χ3n) is 3.90. The van der Waals surface area contributed by atoms with Crippen LogP contribution < -0.4 is 5.32 Å². The van der Waals surface area contributed by atoms with Crippen LogP contribution in [0.5, 0.6) is 0 Å². The Hall–Kier alpha value is -1.56. The molecule has 0 spiro atoms. The number of rotatable bonds is 5. The Labute approximate surface area is 129 Å². The van der Waals surface area contributed by atoms with Crippen LogP contribution >= 0.6 is 11.3 Å². The first kappa shape index (κ1) is 15.8. The molecule has 1 atom stereocenters. The molecule has 0 bridgehead atoms. The predicted octanol–water partition coefficient (Wildman–Crippen LogP) is 2.29. The molecule has 21 heavy (non-hydrogen) atoms. The summed E-state index contributed by atoms with van der Waals surface area (Å²) in [5.41, 5.74) is 1.10. The zero-order chi connectivity index (χ0) is 15.2. The fraction of sp³-hybridized carbons (Fsp3) is 0.600. The van der Waals surface area contributed by atoms with E-state index in [2.05, 4.69) is 5.32 Å². The Morgan fingerprint density at radius 3 is 2.81 bits per heavy atom. The van der Waals surface area contributed by atoms with Crippen molar-refractivity contribution in [3.05, 3.63) is 22.4 Å². The van der Waals surface area contributed by atoms with Crippen LogP contribution in [0.4, 0.5) is 4.79 Å². The van der Waals surface area contributed by atoms with Crippen molar-refractivity contribution >= 4 is 23.3 Å². The van der Waals surface area contributed by atoms with Gasteiger partial charge in [0.15, 0.2) is 0 Å². The van der Waals surface area contributed by atoms with E-state index in [9.17, 15) is 9.59 Å². The van der Waals surface area contributed by atoms with E-state index < -0.39 is 0 Å². The highest BCUT2D eigenvalue weighted by molar-refractivity contribution is 7.07. The van der Waals surface area contributed by atoms with Crippen LogP contribution in [-0.4, -0.2) is 47.4 Å². The second-order valence-corrected chi connectivity index (χ2v) is 5.93. The molecule has 1 fully saturated rings. The zero-order valence-corrected chi connectivity index (χ0v) is 13.5. The third-order valence-corrected chi connectivity index (χ3v) is 4.63. The summed E-state index contributed by atoms with van der Waals surface area (Å²) in [6.45, 7) is 6.50. The SMILES string of the molecule is CCN(CC)C(=O)C1CCCN1C(=O)NCc1ccsc1. The number of amides is 3. The molecule has 5 nitrogen and oxygen atoms in total. The van der Waals surface area contributed by atoms with E-state index in [1.807, 2.05) is 30.7 Å². The summed E-state index contributed by atoms with van der Waals surface area (Å²) in [5, 5.41) is 6.92. The minimum atomic E-state index is -0.299. The lowest BCUT2D eigenvalue weighted by molar-refractivity contribution is -0.134. The Morgan fingerprint density at radius 1 is 1.43 bits per heavy atom. The average Bonchev–Trinajstić information content (AvgIpc) is 3.17. The maximum atomic E-state index is 12.5. The molecule has 0 radical (unpaired) electrons. The van der Waals surface area contributed by atoms with Crippen LogP contribution in [0.25, 0.3) is 0 Å². The minimum Gasteiger partial charge on any atom is -0.341 e. The van der Waals surface area contributed by atoms with Crippen LogP contribution in [0.3, 0.4) is 0 Å². The van der Waals surface area contributed by atoms with Crippen molar-refractivity contribution in [2.45, 2.75) is 39.3 Å². The molecule has 1 unspecified atom stereocenters. The van der Waals surface area contributed by atoms with Gasteiger partial charge in [0.2, 0.25) is 5.91 Å². The smallest absolute Gasteiger partial charge is 0.318 e. The number of nitrogens with zero attached hydrogens (tertiary/aromatic N) is 2. The maximum Gasteiger partial charge on any atom is 0.318 e. The molecule has 2 heterocycles. The van der Waals surface area contributed by atoms with Gasteiger partial charge in [-0.05, 0) is 49.1 Å². The highest BCUT2D eigenvalue weighted by atomic mass is 32.1. The van der Waals surface area contributed by atoms with Gasteiger partial charge in [-0.15, -0.1) is 0 Å². The number of hydrogen-bond acceptors (Lipinski definition) is 3. The Morgan fingerprint density at radius 2 is 2.19 bits per heavy atom. The van der Waals surface area contributed by atoms with Crippen molar-refractivity contribution in [2.75, 3.05) is 19.6 Å². The van der Waals surface area contributed by atoms with Crippen molar-refractivity contribution in [1.82, 2.24) is 15.1 Å². The monoisotopic (exact) mass is 309 g/mol. The van der Waals surface area contributed by atoms with E-state index in [0.29, 0.717) is 26.2 Å². The van der Waals surface area contributed by atoms with Gasteiger partial charge in [-0.2, -0.15) is 11.3 Å². The van der Waals surface area contributed by atoms with Gasteiger partial charge in [-0.3, -0.25) is 4.79 Å². The number of likely N-dealkylation sites (tertiary alicyclic amines) is 1. The molecule has 2 rings (SSSR count). The van der Waals surface area contributed by atoms with E-state index in [1.165, 1.54) is 0 Å². The summed E-state index contributed by atoms with van der Waals surface area (Å²) in [4.78, 5) is 28.3. The van der Waals surface area contributed by atoms with E-state index in [4.69, 9.17) is 0 Å². The Kier molecular flexibility index (Phi) is 5.61. The number of carbonyl (C=O) groups excluding carboxylic acids is 2. The second kappa shape index (κ2) is 7.45. The third kappa shape index (κ3) is 3.75. The van der Waals surface area contributed by atoms with Crippen LogP contribution in [0, 0.1) is 0 Å². The lowest BCUT2D eigenvalue weighted by Crippen LogP contribution is -2.50. The molecule has 0 aliphatic carbocycles. The first-order valence-corrected chi connectivity index (χ1v) is 8.46. The number of likely N-dealkylation sites (N-methyl/N-ethyl adjacent to an activating group) is 1. The average molecular weight is 309 g/mol. The van der Waals surface area contributed by atoms with Gasteiger partial charge in [0.1, 0.15) is 6.04 Å². The van der Waals surface area contributed by atoms with Gasteiger partial charge in [-0.25, -0.2) is 4.79 Å². The molecule has 1 aliphatic heterocycles. The highest BCUT2D eigenvalue weighted by Gasteiger charge is 2.35. The summed E-state index contributed by atoms with van der Waals surface area (Å²) in [6, 6.07) is 1.56. The molecule has 6 heteroatoms. The molecular weight excluding hydrogens is 286 g/mol. The molecule has 0 aromatic carbocycles. The quantitative estimate of drug-likeness (QED) is 0.907. The molecule has 0 saturated carbocycles. The van der Waals surface area contributed by atoms with Crippen LogP contribution in [0.2, 0.25) is 0 Å². The summed E-state index contributed by atoms with van der Waals surface area (Å²) in [7, 11) is 0. The molecular formula is C15H23N3O2S. The first-order chi connectivity index (χ1) is 10.2. The van der Waals surface area contributed by atoms with E-state index in [0.717, 1.165) is 18.4 Å². The molecule has 1 aromatic heterocycles. The van der Waals surface area contributed by atoms with Crippen LogP contribution in [0.15, 0.2) is 16.8 Å². The fourth-order valence-electron chi connectivity index (χ4n) is 2.69. The zero-order valence-electron chi connectivity index (χ0n) is 12.7. The highest BCUT2D eigenvalue weighted by Crippen LogP contribution is 2.19. The molecule has 1 aromatic rings. The minimum absolute atomic E-state index is 0.0724. The van der Waals surface area contributed by atoms with Gasteiger partial charge in [-0.1, -0.05) is 0 Å². The van der Waals surface area contributed by atoms with Crippen molar-refractivity contribution in [2.24, 2.45) is 0 Å². The van der Waals surface area contributed by atoms with Crippen molar-refractivity contribution in [3.8, 4) is 0 Å². The van der Waals surface area contributed by atoms with Gasteiger partial charge in [0.05, 0.1) is 0 Å². The Bertz CT molecular complexity index is 471. The summed E-state index contributed by atoms with van der Waals surface area (Å²) in [5.74, 6) is 0.0724. The molecule has 3 amide bonds. The van der Waals surface area contributed by atoms with Crippen molar-refractivity contribution < 1.29 is 9.59 Å². The normalized spacial score (nSPS) is 17.8. The number of thiophene rings is 1. The number of hydrogen-bond donors (Lipinski definition) is 1. The van der Waals surface area contributed by atoms with Crippen LogP contribution in [0.1, 0.15) is 32.3 Å². The number of urea groups is 1. The second-order valence-electron chi connectivity index (χ2n) is 5.15. The van der Waals surface area contributed by atoms with Gasteiger partial charge >= 0.3 is 6.03 Å². The van der Waals surface area contributed by atoms with Crippen molar-refractivity contribution in [3.63, 3.8) is 0 Å². The lowest BCUT2D eigenvalue weighted by atomic mass is 10.2. The number of carbonyl (C=O) groups is 2. The molecule has 116 valence electrons. The van der Waals surface area contributed by atoms with E-state index >= 15 is 0 Å². The van der Waals surface area contributed by atoms with Gasteiger partial charge in [0.25, 0.3) is 0 Å². The molecule has 1 saturated heterocycles. The summed E-state index contributed by atoms with van der Waals surface area (Å²) < 4.78 is 0. The van der Waals surface area contributed by atoms with Gasteiger partial charge < -0.3 is 15.1 Å². The summed E-state index contributed by atoms with van der Waals surface area (Å²) in [6.07, 6.45) is 1.66. The standard InChI is InChI=1S/C15H23N3O2S/c1-3-17(4-2)14(19)13-6-5-8-18(13)15(20)16-10-12-7-9-21-11-12/h7,9,11,13H,3-6,8,10H2,1-2H3,(H,16,20). The first-order valence-electron chi connectivity index (χ1n) is 7.51. The predicted molar refractivity (Wildman–Crippen MR) is 84.2 cm³/mol. The maximum absolute atomic E-state index is 12.5. The largest absolute Gasteiger partial charge is 0.341 e. The van der Waals surface area contributed by atoms with E-state index in [-0.39, 0.29) is 18.0 Å². The molecule has 1 N–H and O–H groups in total. The topological polar surface area (TPSA) is 52.7 Å². The lowest BCUT2D eigenvalue weighted by Gasteiger charge is -2.29.